The van der Waals surface area contributed by atoms with E-state index in [0.29, 0.717) is 13.1 Å². The highest BCUT2D eigenvalue weighted by Gasteiger charge is 2.81. The maximum Gasteiger partial charge on any atom is 0.241 e. The van der Waals surface area contributed by atoms with Gasteiger partial charge in [0, 0.05) is 13.1 Å². The van der Waals surface area contributed by atoms with Crippen molar-refractivity contribution in [3.05, 3.63) is 48.3 Å². The topological polar surface area (TPSA) is 58.6 Å². The third kappa shape index (κ3) is 1.26. The van der Waals surface area contributed by atoms with Crippen LogP contribution in [0.2, 0.25) is 0 Å². The molecule has 2 amide bonds. The van der Waals surface area contributed by atoms with Gasteiger partial charge in [0.2, 0.25) is 11.8 Å². The highest BCUT2D eigenvalue weighted by atomic mass is 16.5. The number of hydrogen-bond acceptors (Lipinski definition) is 4. The molecule has 2 heterocycles. The average molecular weight is 324 g/mol. The number of hydrogen-bond donors (Lipinski definition) is 1. The van der Waals surface area contributed by atoms with Crippen LogP contribution in [0, 0.1) is 22.7 Å². The molecule has 5 unspecified atom stereocenters. The SMILES string of the molecule is CNCCN1C(=O)C23C=CC4=CC=COC4C2(C1=O)C1C=CC3C1. The van der Waals surface area contributed by atoms with E-state index in [4.69, 9.17) is 4.74 Å². The molecule has 5 heteroatoms. The van der Waals surface area contributed by atoms with Gasteiger partial charge in [-0.25, -0.2) is 0 Å². The van der Waals surface area contributed by atoms with Crippen LogP contribution in [0.5, 0.6) is 0 Å². The van der Waals surface area contributed by atoms with E-state index in [1.54, 1.807) is 6.26 Å². The van der Waals surface area contributed by atoms with E-state index in [1.165, 1.54) is 4.90 Å². The number of imide groups is 1. The third-order valence-corrected chi connectivity index (χ3v) is 6.56. The van der Waals surface area contributed by atoms with Crippen LogP contribution in [0.4, 0.5) is 0 Å². The number of carbonyl (C=O) groups excluding carboxylic acids is 2. The summed E-state index contributed by atoms with van der Waals surface area (Å²) in [5, 5.41) is 3.04. The molecule has 0 aromatic heterocycles. The largest absolute Gasteiger partial charge is 0.492 e. The smallest absolute Gasteiger partial charge is 0.241 e. The first-order valence-corrected chi connectivity index (χ1v) is 8.58. The number of nitrogens with zero attached hydrogens (tertiary/aromatic N) is 1. The minimum absolute atomic E-state index is 0.0481. The van der Waals surface area contributed by atoms with Crippen molar-refractivity contribution in [1.29, 1.82) is 0 Å². The molecule has 5 nitrogen and oxygen atoms in total. The summed E-state index contributed by atoms with van der Waals surface area (Å²) in [5.74, 6) is 0.0393. The predicted molar refractivity (Wildman–Crippen MR) is 87.5 cm³/mol. The van der Waals surface area contributed by atoms with Gasteiger partial charge in [-0.1, -0.05) is 30.4 Å². The molecular formula is C19H20N2O3. The minimum Gasteiger partial charge on any atom is -0.492 e. The van der Waals surface area contributed by atoms with E-state index in [-0.39, 0.29) is 29.8 Å². The van der Waals surface area contributed by atoms with Gasteiger partial charge in [0.15, 0.2) is 0 Å². The molecule has 1 saturated carbocycles. The Morgan fingerprint density at radius 3 is 2.96 bits per heavy atom. The first kappa shape index (κ1) is 14.2. The van der Waals surface area contributed by atoms with Crippen molar-refractivity contribution >= 4 is 11.8 Å². The van der Waals surface area contributed by atoms with Gasteiger partial charge in [-0.05, 0) is 37.0 Å². The summed E-state index contributed by atoms with van der Waals surface area (Å²) in [6, 6.07) is 0. The molecule has 5 aliphatic rings. The van der Waals surface area contributed by atoms with Crippen LogP contribution in [0.15, 0.2) is 48.3 Å². The van der Waals surface area contributed by atoms with Crippen molar-refractivity contribution in [3.63, 3.8) is 0 Å². The van der Waals surface area contributed by atoms with Crippen molar-refractivity contribution in [1.82, 2.24) is 10.2 Å². The lowest BCUT2D eigenvalue weighted by Gasteiger charge is -2.48. The molecular weight excluding hydrogens is 304 g/mol. The molecule has 2 fully saturated rings. The summed E-state index contributed by atoms with van der Waals surface area (Å²) in [4.78, 5) is 28.5. The summed E-state index contributed by atoms with van der Waals surface area (Å²) >= 11 is 0. The van der Waals surface area contributed by atoms with Crippen molar-refractivity contribution < 1.29 is 14.3 Å². The average Bonchev–Trinajstić information content (AvgIpc) is 3.25. The molecule has 24 heavy (non-hydrogen) atoms. The maximum atomic E-state index is 13.6. The fourth-order valence-electron chi connectivity index (χ4n) is 5.66. The standard InChI is InChI=1S/C19H20N2O3/c1-20-8-9-21-16(22)18-7-6-12-3-2-10-24-15(12)19(18,17(21)23)14-5-4-13(18)11-14/h2-7,10,13-15,20H,8-9,11H2,1H3. The van der Waals surface area contributed by atoms with Gasteiger partial charge in [-0.2, -0.15) is 0 Å². The van der Waals surface area contributed by atoms with Crippen molar-refractivity contribution in [2.45, 2.75) is 12.5 Å². The Balaban J connectivity index is 1.73. The number of fused-ring (bicyclic) bond motifs is 3. The van der Waals surface area contributed by atoms with Gasteiger partial charge in [0.1, 0.15) is 11.5 Å². The zero-order valence-electron chi connectivity index (χ0n) is 13.6. The summed E-state index contributed by atoms with van der Waals surface area (Å²) in [5.41, 5.74) is -0.599. The number of ether oxygens (including phenoxy) is 1. The van der Waals surface area contributed by atoms with Crippen molar-refractivity contribution in [2.24, 2.45) is 22.7 Å². The fraction of sp³-hybridized carbons (Fsp3) is 0.474. The van der Waals surface area contributed by atoms with Crippen molar-refractivity contribution in [3.8, 4) is 0 Å². The molecule has 124 valence electrons. The Kier molecular flexibility index (Phi) is 2.65. The van der Waals surface area contributed by atoms with E-state index < -0.39 is 10.8 Å². The zero-order chi connectivity index (χ0) is 16.5. The Bertz CT molecular complexity index is 765. The van der Waals surface area contributed by atoms with Crippen molar-refractivity contribution in [2.75, 3.05) is 20.1 Å². The van der Waals surface area contributed by atoms with E-state index in [9.17, 15) is 9.59 Å². The second-order valence-corrected chi connectivity index (χ2v) is 7.28. The molecule has 5 atom stereocenters. The molecule has 0 spiro atoms. The lowest BCUT2D eigenvalue weighted by molar-refractivity contribution is -0.146. The normalized spacial score (nSPS) is 43.6. The molecule has 0 aromatic carbocycles. The second-order valence-electron chi connectivity index (χ2n) is 7.28. The predicted octanol–water partition coefficient (Wildman–Crippen LogP) is 1.16. The van der Waals surface area contributed by atoms with E-state index >= 15 is 0 Å². The summed E-state index contributed by atoms with van der Waals surface area (Å²) in [6.45, 7) is 1.01. The Hall–Kier alpha value is -2.14. The zero-order valence-corrected chi connectivity index (χ0v) is 13.6. The molecule has 2 bridgehead atoms. The van der Waals surface area contributed by atoms with Crippen LogP contribution >= 0.6 is 0 Å². The van der Waals surface area contributed by atoms with Crippen LogP contribution in [0.3, 0.4) is 0 Å². The maximum absolute atomic E-state index is 13.6. The van der Waals surface area contributed by atoms with E-state index in [2.05, 4.69) is 17.5 Å². The molecule has 0 aromatic rings. The molecule has 2 aliphatic heterocycles. The highest BCUT2D eigenvalue weighted by molar-refractivity contribution is 6.13. The van der Waals surface area contributed by atoms with Gasteiger partial charge in [0.25, 0.3) is 0 Å². The number of carbonyl (C=O) groups is 2. The van der Waals surface area contributed by atoms with E-state index in [1.807, 2.05) is 31.4 Å². The third-order valence-electron chi connectivity index (χ3n) is 6.56. The highest BCUT2D eigenvalue weighted by Crippen LogP contribution is 2.72. The van der Waals surface area contributed by atoms with Gasteiger partial charge in [-0.3, -0.25) is 14.5 Å². The number of likely N-dealkylation sites (N-methyl/N-ethyl adjacent to an activating group) is 1. The second kappa shape index (κ2) is 4.48. The van der Waals surface area contributed by atoms with Crippen LogP contribution in [-0.4, -0.2) is 43.0 Å². The summed E-state index contributed by atoms with van der Waals surface area (Å²) < 4.78 is 5.97. The first-order chi connectivity index (χ1) is 11.7. The van der Waals surface area contributed by atoms with Gasteiger partial charge in [-0.15, -0.1) is 0 Å². The molecule has 3 aliphatic carbocycles. The van der Waals surface area contributed by atoms with Gasteiger partial charge in [0.05, 0.1) is 11.7 Å². The van der Waals surface area contributed by atoms with Crippen LogP contribution in [-0.2, 0) is 14.3 Å². The number of allylic oxidation sites excluding steroid dienone is 4. The number of amides is 2. The number of nitrogens with one attached hydrogen (secondary N) is 1. The van der Waals surface area contributed by atoms with E-state index in [0.717, 1.165) is 12.0 Å². The minimum atomic E-state index is -0.817. The lowest BCUT2D eigenvalue weighted by Crippen LogP contribution is -2.57. The molecule has 1 N–H and O–H groups in total. The van der Waals surface area contributed by atoms with Crippen LogP contribution in [0.1, 0.15) is 6.42 Å². The Labute approximate surface area is 140 Å². The molecule has 0 radical (unpaired) electrons. The molecule has 5 rings (SSSR count). The van der Waals surface area contributed by atoms with Crippen LogP contribution < -0.4 is 5.32 Å². The monoisotopic (exact) mass is 324 g/mol. The van der Waals surface area contributed by atoms with Gasteiger partial charge < -0.3 is 10.1 Å². The van der Waals surface area contributed by atoms with Gasteiger partial charge >= 0.3 is 0 Å². The quantitative estimate of drug-likeness (QED) is 0.625. The number of likely N-dealkylation sites (tertiary alicyclic amines) is 1. The number of rotatable bonds is 3. The first-order valence-electron chi connectivity index (χ1n) is 8.58. The van der Waals surface area contributed by atoms with Crippen LogP contribution in [0.25, 0.3) is 0 Å². The fourth-order valence-corrected chi connectivity index (χ4v) is 5.66. The summed E-state index contributed by atoms with van der Waals surface area (Å²) in [7, 11) is 1.83. The lowest BCUT2D eigenvalue weighted by atomic mass is 9.53. The molecule has 1 saturated heterocycles. The Morgan fingerprint density at radius 1 is 1.29 bits per heavy atom. The Morgan fingerprint density at radius 2 is 2.12 bits per heavy atom. The summed E-state index contributed by atoms with van der Waals surface area (Å²) in [6.07, 6.45) is 14.2.